The molecule has 0 amide bonds. The number of phenolic OH excluding ortho intramolecular Hbond substituents is 1. The quantitative estimate of drug-likeness (QED) is 0.115. The minimum absolute atomic E-state index is 0.159. The van der Waals surface area contributed by atoms with Crippen LogP contribution >= 0.6 is 0 Å². The Morgan fingerprint density at radius 1 is 0.723 bits per heavy atom. The fourth-order valence-electron chi connectivity index (χ4n) is 6.65. The SMILES string of the molecule is CC(C)(c1ccc(-c2ccccc2)c(F)c1)c1cc(N=C(N)c2ccc(O)c3ccc4c5ccc6ccccc6c5ccc4c23)on1. The normalized spacial score (nSPS) is 12.4. The number of amidine groups is 1. The van der Waals surface area contributed by atoms with Crippen LogP contribution < -0.4 is 5.73 Å². The molecule has 1 aromatic heterocycles. The van der Waals surface area contributed by atoms with Crippen LogP contribution in [0.5, 0.6) is 5.75 Å². The maximum absolute atomic E-state index is 15.3. The van der Waals surface area contributed by atoms with Gasteiger partial charge in [-0.25, -0.2) is 4.39 Å². The fraction of sp³-hybridized carbons (Fsp3) is 0.0732. The number of hydrogen-bond donors (Lipinski definition) is 2. The summed E-state index contributed by atoms with van der Waals surface area (Å²) in [6.07, 6.45) is 0. The van der Waals surface area contributed by atoms with E-state index in [2.05, 4.69) is 52.6 Å². The third-order valence-electron chi connectivity index (χ3n) is 9.30. The first-order chi connectivity index (χ1) is 22.8. The van der Waals surface area contributed by atoms with E-state index < -0.39 is 5.41 Å². The molecule has 0 unspecified atom stereocenters. The maximum atomic E-state index is 15.3. The smallest absolute Gasteiger partial charge is 0.252 e. The lowest BCUT2D eigenvalue weighted by Gasteiger charge is -2.23. The number of aliphatic imine (C=N–C) groups is 1. The van der Waals surface area contributed by atoms with Crippen molar-refractivity contribution in [3.8, 4) is 16.9 Å². The predicted molar refractivity (Wildman–Crippen MR) is 189 cm³/mol. The number of nitrogens with two attached hydrogens (primary N) is 1. The summed E-state index contributed by atoms with van der Waals surface area (Å²) in [4.78, 5) is 4.63. The van der Waals surface area contributed by atoms with Gasteiger partial charge in [-0.3, -0.25) is 0 Å². The molecule has 7 aromatic carbocycles. The van der Waals surface area contributed by atoms with Crippen molar-refractivity contribution in [2.75, 3.05) is 0 Å². The van der Waals surface area contributed by atoms with Gasteiger partial charge >= 0.3 is 0 Å². The molecular formula is C41H30FN3O2. The van der Waals surface area contributed by atoms with E-state index in [9.17, 15) is 5.11 Å². The number of fused-ring (bicyclic) bond motifs is 7. The molecule has 0 aliphatic carbocycles. The van der Waals surface area contributed by atoms with Gasteiger partial charge < -0.3 is 15.4 Å². The van der Waals surface area contributed by atoms with Gasteiger partial charge in [0.25, 0.3) is 5.88 Å². The molecule has 0 radical (unpaired) electrons. The fourth-order valence-corrected chi connectivity index (χ4v) is 6.65. The average Bonchev–Trinajstić information content (AvgIpc) is 3.57. The van der Waals surface area contributed by atoms with Crippen LogP contribution in [0.1, 0.15) is 30.7 Å². The molecule has 8 rings (SSSR count). The minimum atomic E-state index is -0.672. The van der Waals surface area contributed by atoms with Crippen molar-refractivity contribution in [3.63, 3.8) is 0 Å². The standard InChI is InChI=1S/C41H30FN3O2/c1-41(2,26-13-15-28(35(42)22-26)24-8-4-3-5-9-24)37-23-38(47-45-37)44-40(43)34-20-21-36(46)33-19-17-31-30-14-12-25-10-6-7-11-27(25)29(30)16-18-32(31)39(33)34/h3-23,46H,1-2H3,(H2,43,44). The van der Waals surface area contributed by atoms with Gasteiger partial charge in [-0.2, -0.15) is 4.99 Å². The van der Waals surface area contributed by atoms with Crippen molar-refractivity contribution in [3.05, 3.63) is 150 Å². The first-order valence-corrected chi connectivity index (χ1v) is 15.5. The molecule has 1 heterocycles. The van der Waals surface area contributed by atoms with E-state index in [0.29, 0.717) is 22.2 Å². The zero-order chi connectivity index (χ0) is 32.3. The lowest BCUT2D eigenvalue weighted by molar-refractivity contribution is 0.406. The van der Waals surface area contributed by atoms with Gasteiger partial charge in [0.15, 0.2) is 0 Å². The van der Waals surface area contributed by atoms with Gasteiger partial charge in [0, 0.05) is 33.4 Å². The molecule has 0 saturated heterocycles. The van der Waals surface area contributed by atoms with Crippen LogP contribution in [0.2, 0.25) is 0 Å². The van der Waals surface area contributed by atoms with Crippen LogP contribution in [0.15, 0.2) is 137 Å². The zero-order valence-electron chi connectivity index (χ0n) is 25.8. The number of aromatic hydroxyl groups is 1. The lowest BCUT2D eigenvalue weighted by atomic mass is 9.81. The van der Waals surface area contributed by atoms with E-state index >= 15 is 4.39 Å². The summed E-state index contributed by atoms with van der Waals surface area (Å²) in [5.74, 6) is 0.302. The highest BCUT2D eigenvalue weighted by atomic mass is 19.1. The highest BCUT2D eigenvalue weighted by Gasteiger charge is 2.28. The number of phenols is 1. The molecule has 5 nitrogen and oxygen atoms in total. The first kappa shape index (κ1) is 28.5. The molecule has 3 N–H and O–H groups in total. The largest absolute Gasteiger partial charge is 0.507 e. The van der Waals surface area contributed by atoms with E-state index in [1.54, 1.807) is 30.3 Å². The van der Waals surface area contributed by atoms with Crippen LogP contribution in [0.25, 0.3) is 54.2 Å². The Labute approximate surface area is 270 Å². The van der Waals surface area contributed by atoms with Gasteiger partial charge in [0.05, 0.1) is 5.69 Å². The van der Waals surface area contributed by atoms with Gasteiger partial charge in [-0.05, 0) is 67.7 Å². The topological polar surface area (TPSA) is 84.6 Å². The molecule has 47 heavy (non-hydrogen) atoms. The van der Waals surface area contributed by atoms with E-state index in [0.717, 1.165) is 38.1 Å². The van der Waals surface area contributed by atoms with Crippen LogP contribution in [0.3, 0.4) is 0 Å². The molecule has 0 fully saturated rings. The van der Waals surface area contributed by atoms with E-state index in [-0.39, 0.29) is 23.3 Å². The Morgan fingerprint density at radius 3 is 2.21 bits per heavy atom. The third kappa shape index (κ3) is 4.69. The second-order valence-electron chi connectivity index (χ2n) is 12.4. The van der Waals surface area contributed by atoms with Crippen molar-refractivity contribution in [1.29, 1.82) is 0 Å². The molecule has 0 bridgehead atoms. The highest BCUT2D eigenvalue weighted by Crippen LogP contribution is 2.39. The molecule has 6 heteroatoms. The first-order valence-electron chi connectivity index (χ1n) is 15.5. The van der Waals surface area contributed by atoms with Crippen molar-refractivity contribution in [1.82, 2.24) is 5.16 Å². The molecular weight excluding hydrogens is 585 g/mol. The van der Waals surface area contributed by atoms with Crippen LogP contribution in [-0.4, -0.2) is 16.1 Å². The third-order valence-corrected chi connectivity index (χ3v) is 9.30. The number of aromatic nitrogens is 1. The number of halogens is 1. The molecule has 0 aliphatic heterocycles. The van der Waals surface area contributed by atoms with Crippen LogP contribution in [-0.2, 0) is 5.41 Å². The summed E-state index contributed by atoms with van der Waals surface area (Å²) in [5, 5.41) is 23.3. The number of hydrogen-bond acceptors (Lipinski definition) is 4. The van der Waals surface area contributed by atoms with Crippen molar-refractivity contribution < 1.29 is 14.0 Å². The predicted octanol–water partition coefficient (Wildman–Crippen LogP) is 10.2. The number of nitrogens with zero attached hydrogens (tertiary/aromatic N) is 2. The summed E-state index contributed by atoms with van der Waals surface area (Å²) >= 11 is 0. The summed E-state index contributed by atoms with van der Waals surface area (Å²) in [6.45, 7) is 3.93. The molecule has 228 valence electrons. The van der Waals surface area contributed by atoms with Gasteiger partial charge in [0.1, 0.15) is 17.4 Å². The monoisotopic (exact) mass is 615 g/mol. The second-order valence-corrected chi connectivity index (χ2v) is 12.4. The van der Waals surface area contributed by atoms with E-state index in [1.165, 1.54) is 10.8 Å². The Balaban J connectivity index is 1.19. The Morgan fingerprint density at radius 2 is 1.40 bits per heavy atom. The summed E-state index contributed by atoms with van der Waals surface area (Å²) in [7, 11) is 0. The van der Waals surface area contributed by atoms with Crippen molar-refractivity contribution >= 4 is 54.8 Å². The van der Waals surface area contributed by atoms with Gasteiger partial charge in [-0.1, -0.05) is 116 Å². The Bertz CT molecular complexity index is 2530. The van der Waals surface area contributed by atoms with Gasteiger partial charge in [0.2, 0.25) is 0 Å². The molecule has 0 spiro atoms. The van der Waals surface area contributed by atoms with Gasteiger partial charge in [-0.15, -0.1) is 0 Å². The maximum Gasteiger partial charge on any atom is 0.252 e. The molecule has 0 saturated carbocycles. The van der Waals surface area contributed by atoms with Crippen molar-refractivity contribution in [2.45, 2.75) is 19.3 Å². The summed E-state index contributed by atoms with van der Waals surface area (Å²) < 4.78 is 20.9. The Kier molecular flexibility index (Phi) is 6.55. The summed E-state index contributed by atoms with van der Waals surface area (Å²) in [6, 6.07) is 40.7. The van der Waals surface area contributed by atoms with Crippen LogP contribution in [0, 0.1) is 5.82 Å². The lowest BCUT2D eigenvalue weighted by Crippen LogP contribution is -2.19. The average molecular weight is 616 g/mol. The molecule has 8 aromatic rings. The van der Waals surface area contributed by atoms with E-state index in [4.69, 9.17) is 10.3 Å². The minimum Gasteiger partial charge on any atom is -0.507 e. The molecule has 0 aliphatic rings. The molecule has 0 atom stereocenters. The Hall–Kier alpha value is -6.01. The van der Waals surface area contributed by atoms with Crippen LogP contribution in [0.4, 0.5) is 10.3 Å². The van der Waals surface area contributed by atoms with Crippen molar-refractivity contribution in [2.24, 2.45) is 10.7 Å². The second kappa shape index (κ2) is 10.8. The summed E-state index contributed by atoms with van der Waals surface area (Å²) in [5.41, 5.74) is 9.37. The number of benzene rings is 7. The zero-order valence-corrected chi connectivity index (χ0v) is 25.8. The number of rotatable bonds is 5. The highest BCUT2D eigenvalue weighted by molar-refractivity contribution is 6.26. The van der Waals surface area contributed by atoms with E-state index in [1.807, 2.05) is 68.4 Å².